The highest BCUT2D eigenvalue weighted by molar-refractivity contribution is 7.98. The lowest BCUT2D eigenvalue weighted by atomic mass is 9.95. The van der Waals surface area contributed by atoms with Gasteiger partial charge in [-0.25, -0.2) is 0 Å². The van der Waals surface area contributed by atoms with Crippen LogP contribution in [0.2, 0.25) is 0 Å². The molecule has 0 spiro atoms. The van der Waals surface area contributed by atoms with Crippen LogP contribution in [0, 0.1) is 6.92 Å². The molecule has 32 heavy (non-hydrogen) atoms. The first-order valence-corrected chi connectivity index (χ1v) is 11.3. The summed E-state index contributed by atoms with van der Waals surface area (Å²) in [6.45, 7) is 1.17. The number of aromatic amines is 1. The number of aromatic nitrogens is 2. The molecule has 1 aromatic heterocycles. The van der Waals surface area contributed by atoms with Crippen LogP contribution in [0.15, 0.2) is 41.3 Å². The summed E-state index contributed by atoms with van der Waals surface area (Å²) in [5.41, 5.74) is 3.09. The third kappa shape index (κ3) is 4.11. The molecule has 1 aliphatic heterocycles. The minimum Gasteiger partial charge on any atom is -0.453 e. The number of fused-ring (bicyclic) bond motifs is 1. The van der Waals surface area contributed by atoms with Gasteiger partial charge in [-0.1, -0.05) is 12.1 Å². The third-order valence-electron chi connectivity index (χ3n) is 5.62. The van der Waals surface area contributed by atoms with E-state index in [0.717, 1.165) is 16.0 Å². The van der Waals surface area contributed by atoms with Crippen molar-refractivity contribution in [2.24, 2.45) is 0 Å². The van der Waals surface area contributed by atoms with E-state index in [0.29, 0.717) is 23.0 Å². The van der Waals surface area contributed by atoms with E-state index >= 15 is 0 Å². The number of benzene rings is 2. The minimum absolute atomic E-state index is 0.156. The molecule has 6 N–H and O–H groups in total. The Morgan fingerprint density at radius 3 is 2.56 bits per heavy atom. The Balaban J connectivity index is 1.71. The number of nitrogens with zero attached hydrogens (tertiary/aromatic N) is 1. The molecule has 0 saturated carbocycles. The standard InChI is InChI=1S/C22H26N2O7S/c1-11-7-14-18(15(24-23-14)9-12-3-5-13(32-2)6-4-12)16(8-11)31-22(29)20(27)19(26)17(10-25)30-21(22)28/h3-8,17,19-21,25-29H,9-10H2,1-2H3,(H,23,24)/t17-,19-,20+,21+,22+/m1/s1. The van der Waals surface area contributed by atoms with E-state index in [2.05, 4.69) is 10.2 Å². The molecule has 3 aromatic rings. The number of thioether (sulfide) groups is 1. The number of ether oxygens (including phenoxy) is 2. The molecule has 1 fully saturated rings. The molecule has 2 aromatic carbocycles. The zero-order chi connectivity index (χ0) is 23.0. The number of hydrogen-bond acceptors (Lipinski definition) is 9. The molecule has 5 atom stereocenters. The normalized spacial score (nSPS) is 28.2. The van der Waals surface area contributed by atoms with Gasteiger partial charge in [0.25, 0.3) is 5.79 Å². The van der Waals surface area contributed by atoms with Gasteiger partial charge in [-0.3, -0.25) is 5.10 Å². The molecule has 0 bridgehead atoms. The topological polar surface area (TPSA) is 148 Å². The van der Waals surface area contributed by atoms with E-state index in [4.69, 9.17) is 9.47 Å². The molecule has 1 aliphatic rings. The van der Waals surface area contributed by atoms with Crippen molar-refractivity contribution in [3.63, 3.8) is 0 Å². The maximum atomic E-state index is 10.9. The predicted molar refractivity (Wildman–Crippen MR) is 117 cm³/mol. The van der Waals surface area contributed by atoms with Crippen molar-refractivity contribution in [1.29, 1.82) is 0 Å². The summed E-state index contributed by atoms with van der Waals surface area (Å²) >= 11 is 1.65. The first-order chi connectivity index (χ1) is 15.3. The van der Waals surface area contributed by atoms with E-state index in [1.165, 1.54) is 0 Å². The zero-order valence-corrected chi connectivity index (χ0v) is 18.4. The predicted octanol–water partition coefficient (Wildman–Crippen LogP) is 0.683. The number of nitrogens with one attached hydrogen (secondary N) is 1. The minimum atomic E-state index is -2.67. The van der Waals surface area contributed by atoms with Gasteiger partial charge in [0, 0.05) is 11.3 Å². The van der Waals surface area contributed by atoms with Crippen LogP contribution in [-0.4, -0.2) is 79.0 Å². The second-order valence-electron chi connectivity index (χ2n) is 7.88. The third-order valence-corrected chi connectivity index (χ3v) is 6.36. The second-order valence-corrected chi connectivity index (χ2v) is 8.76. The molecule has 2 heterocycles. The zero-order valence-electron chi connectivity index (χ0n) is 17.6. The number of aliphatic hydroxyl groups is 5. The smallest absolute Gasteiger partial charge is 0.288 e. The fourth-order valence-corrected chi connectivity index (χ4v) is 4.25. The van der Waals surface area contributed by atoms with Gasteiger partial charge in [0.2, 0.25) is 6.29 Å². The quantitative estimate of drug-likeness (QED) is 0.230. The maximum Gasteiger partial charge on any atom is 0.288 e. The van der Waals surface area contributed by atoms with Crippen molar-refractivity contribution in [1.82, 2.24) is 10.2 Å². The summed E-state index contributed by atoms with van der Waals surface area (Å²) in [5.74, 6) is -2.51. The van der Waals surface area contributed by atoms with Gasteiger partial charge in [-0.2, -0.15) is 5.10 Å². The number of rotatable bonds is 6. The second kappa shape index (κ2) is 8.99. The van der Waals surface area contributed by atoms with Crippen LogP contribution in [0.4, 0.5) is 0 Å². The fraction of sp³-hybridized carbons (Fsp3) is 0.409. The number of aliphatic hydroxyl groups excluding tert-OH is 4. The number of hydrogen-bond donors (Lipinski definition) is 6. The summed E-state index contributed by atoms with van der Waals surface area (Å²) in [5, 5.41) is 59.1. The maximum absolute atomic E-state index is 10.9. The van der Waals surface area contributed by atoms with E-state index in [-0.39, 0.29) is 5.75 Å². The van der Waals surface area contributed by atoms with Crippen LogP contribution in [0.25, 0.3) is 10.9 Å². The number of aryl methyl sites for hydroxylation is 1. The van der Waals surface area contributed by atoms with Gasteiger partial charge in [-0.15, -0.1) is 11.8 Å². The summed E-state index contributed by atoms with van der Waals surface area (Å²) in [6.07, 6.45) is -4.41. The first kappa shape index (κ1) is 23.0. The first-order valence-electron chi connectivity index (χ1n) is 10.1. The van der Waals surface area contributed by atoms with Crippen LogP contribution in [-0.2, 0) is 11.2 Å². The van der Waals surface area contributed by atoms with Gasteiger partial charge in [0.05, 0.1) is 23.2 Å². The SMILES string of the molecule is CSc1ccc(Cc2n[nH]c3cc(C)cc(O[C@]4(O)[C@@H](O)O[C@H](CO)[C@@H](O)[C@@H]4O)c23)cc1. The lowest BCUT2D eigenvalue weighted by Gasteiger charge is -2.45. The summed E-state index contributed by atoms with van der Waals surface area (Å²) in [4.78, 5) is 1.14. The van der Waals surface area contributed by atoms with Gasteiger partial charge in [0.15, 0.2) is 6.10 Å². The van der Waals surface area contributed by atoms with Crippen LogP contribution >= 0.6 is 11.8 Å². The molecule has 172 valence electrons. The Kier molecular flexibility index (Phi) is 6.46. The Morgan fingerprint density at radius 2 is 1.91 bits per heavy atom. The lowest BCUT2D eigenvalue weighted by molar-refractivity contribution is -0.385. The molecular formula is C22H26N2O7S. The summed E-state index contributed by atoms with van der Waals surface area (Å²) < 4.78 is 10.8. The fourth-order valence-electron chi connectivity index (χ4n) is 3.84. The highest BCUT2D eigenvalue weighted by Crippen LogP contribution is 2.37. The van der Waals surface area contributed by atoms with Crippen molar-refractivity contribution in [3.05, 3.63) is 53.2 Å². The van der Waals surface area contributed by atoms with Crippen molar-refractivity contribution in [2.75, 3.05) is 12.9 Å². The average Bonchev–Trinajstić information content (AvgIpc) is 3.18. The lowest BCUT2D eigenvalue weighted by Crippen LogP contribution is -2.69. The van der Waals surface area contributed by atoms with Crippen LogP contribution in [0.3, 0.4) is 0 Å². The average molecular weight is 463 g/mol. The van der Waals surface area contributed by atoms with Crippen molar-refractivity contribution < 1.29 is 35.0 Å². The molecule has 9 nitrogen and oxygen atoms in total. The molecule has 4 rings (SSSR count). The molecular weight excluding hydrogens is 436 g/mol. The molecule has 0 aliphatic carbocycles. The number of H-pyrrole nitrogens is 1. The van der Waals surface area contributed by atoms with Crippen molar-refractivity contribution in [3.8, 4) is 5.75 Å². The van der Waals surface area contributed by atoms with Crippen LogP contribution < -0.4 is 4.74 Å². The van der Waals surface area contributed by atoms with Gasteiger partial charge >= 0.3 is 0 Å². The summed E-state index contributed by atoms with van der Waals surface area (Å²) in [7, 11) is 0. The van der Waals surface area contributed by atoms with E-state index in [9.17, 15) is 25.5 Å². The highest BCUT2D eigenvalue weighted by Gasteiger charge is 2.57. The van der Waals surface area contributed by atoms with Crippen molar-refractivity contribution >= 4 is 22.7 Å². The Bertz CT molecular complexity index is 1090. The van der Waals surface area contributed by atoms with Gasteiger partial charge in [-0.05, 0) is 48.6 Å². The van der Waals surface area contributed by atoms with Gasteiger partial charge < -0.3 is 35.0 Å². The molecule has 0 radical (unpaired) electrons. The van der Waals surface area contributed by atoms with Gasteiger partial charge in [0.1, 0.15) is 18.0 Å². The Labute approximate surface area is 188 Å². The van der Waals surface area contributed by atoms with Crippen LogP contribution in [0.5, 0.6) is 5.75 Å². The summed E-state index contributed by atoms with van der Waals surface area (Å²) in [6, 6.07) is 11.5. The highest BCUT2D eigenvalue weighted by atomic mass is 32.2. The Morgan fingerprint density at radius 1 is 1.19 bits per heavy atom. The molecule has 10 heteroatoms. The molecule has 0 amide bonds. The largest absolute Gasteiger partial charge is 0.453 e. The van der Waals surface area contributed by atoms with Crippen LogP contribution in [0.1, 0.15) is 16.8 Å². The van der Waals surface area contributed by atoms with E-state index < -0.39 is 37.0 Å². The Hall–Kier alpha value is -2.18. The molecule has 0 unspecified atom stereocenters. The van der Waals surface area contributed by atoms with E-state index in [1.54, 1.807) is 17.8 Å². The van der Waals surface area contributed by atoms with E-state index in [1.807, 2.05) is 43.5 Å². The monoisotopic (exact) mass is 462 g/mol. The van der Waals surface area contributed by atoms with Crippen molar-refractivity contribution in [2.45, 2.75) is 48.6 Å². The molecule has 1 saturated heterocycles.